The van der Waals surface area contributed by atoms with Crippen LogP contribution in [0.5, 0.6) is 0 Å². The van der Waals surface area contributed by atoms with Crippen LogP contribution in [0.4, 0.5) is 0 Å². The smallest absolute Gasteiger partial charge is 0.141 e. The molecule has 0 N–H and O–H groups in total. The Bertz CT molecular complexity index is 314. The first-order valence-electron chi connectivity index (χ1n) is 5.15. The van der Waals surface area contributed by atoms with E-state index in [1.807, 2.05) is 20.8 Å². The lowest BCUT2D eigenvalue weighted by molar-refractivity contribution is -0.119. The Labute approximate surface area is 94.5 Å². The molecule has 0 saturated carbocycles. The van der Waals surface area contributed by atoms with Crippen LogP contribution in [-0.4, -0.2) is 24.0 Å². The molecule has 4 heteroatoms. The van der Waals surface area contributed by atoms with E-state index in [9.17, 15) is 4.79 Å². The Morgan fingerprint density at radius 3 is 2.73 bits per heavy atom. The second-order valence-corrected chi connectivity index (χ2v) is 4.70. The van der Waals surface area contributed by atoms with Crippen LogP contribution >= 0.6 is 11.3 Å². The van der Waals surface area contributed by atoms with Crippen LogP contribution in [0.15, 0.2) is 0 Å². The molecular weight excluding hydrogens is 210 g/mol. The molecule has 0 aromatic carbocycles. The third kappa shape index (κ3) is 4.10. The fourth-order valence-electron chi connectivity index (χ4n) is 1.20. The number of ketones is 1. The van der Waals surface area contributed by atoms with E-state index in [1.165, 1.54) is 4.88 Å². The number of ether oxygens (including phenoxy) is 1. The molecule has 3 nitrogen and oxygen atoms in total. The van der Waals surface area contributed by atoms with Crippen LogP contribution in [0.3, 0.4) is 0 Å². The summed E-state index contributed by atoms with van der Waals surface area (Å²) in [6.07, 6.45) is 0.942. The molecule has 0 atom stereocenters. The molecule has 1 aromatic rings. The van der Waals surface area contributed by atoms with Crippen LogP contribution in [0.25, 0.3) is 0 Å². The van der Waals surface area contributed by atoms with Gasteiger partial charge in [0, 0.05) is 17.9 Å². The van der Waals surface area contributed by atoms with Crippen LogP contribution in [0, 0.1) is 13.8 Å². The summed E-state index contributed by atoms with van der Waals surface area (Å²) in [7, 11) is 0. The number of rotatable bonds is 6. The quantitative estimate of drug-likeness (QED) is 0.700. The maximum atomic E-state index is 11.5. The molecule has 0 radical (unpaired) electrons. The highest BCUT2D eigenvalue weighted by atomic mass is 32.1. The molecule has 0 fully saturated rings. The van der Waals surface area contributed by atoms with E-state index < -0.39 is 0 Å². The molecular formula is C11H17NO2S. The number of aryl methyl sites for hydroxylation is 2. The van der Waals surface area contributed by atoms with Gasteiger partial charge in [-0.2, -0.15) is 0 Å². The monoisotopic (exact) mass is 227 g/mol. The highest BCUT2D eigenvalue weighted by molar-refractivity contribution is 7.11. The van der Waals surface area contributed by atoms with Gasteiger partial charge in [0.2, 0.25) is 0 Å². The Morgan fingerprint density at radius 1 is 1.47 bits per heavy atom. The number of Topliss-reactive ketones (excluding diaryl/α,β-unsaturated/α-hetero) is 1. The molecule has 0 spiro atoms. The molecule has 1 aromatic heterocycles. The molecule has 0 aliphatic rings. The van der Waals surface area contributed by atoms with E-state index in [0.29, 0.717) is 26.1 Å². The van der Waals surface area contributed by atoms with Crippen molar-refractivity contribution < 1.29 is 9.53 Å². The number of thiazole rings is 1. The van der Waals surface area contributed by atoms with Gasteiger partial charge in [-0.1, -0.05) is 0 Å². The summed E-state index contributed by atoms with van der Waals surface area (Å²) < 4.78 is 5.13. The van der Waals surface area contributed by atoms with Crippen molar-refractivity contribution in [2.75, 3.05) is 13.2 Å². The first-order valence-corrected chi connectivity index (χ1v) is 5.97. The summed E-state index contributed by atoms with van der Waals surface area (Å²) in [5.41, 5.74) is 1.03. The molecule has 15 heavy (non-hydrogen) atoms. The van der Waals surface area contributed by atoms with E-state index in [-0.39, 0.29) is 5.78 Å². The van der Waals surface area contributed by atoms with Crippen LogP contribution in [0.2, 0.25) is 0 Å². The summed E-state index contributed by atoms with van der Waals surface area (Å²) >= 11 is 1.61. The van der Waals surface area contributed by atoms with Crippen molar-refractivity contribution in [1.29, 1.82) is 0 Å². The predicted octanol–water partition coefficient (Wildman–Crippen LogP) is 2.30. The largest absolute Gasteiger partial charge is 0.381 e. The molecule has 84 valence electrons. The molecule has 0 amide bonds. The van der Waals surface area contributed by atoms with Crippen molar-refractivity contribution in [1.82, 2.24) is 4.98 Å². The van der Waals surface area contributed by atoms with Gasteiger partial charge in [0.1, 0.15) is 10.8 Å². The van der Waals surface area contributed by atoms with Crippen molar-refractivity contribution in [2.45, 2.75) is 33.6 Å². The zero-order chi connectivity index (χ0) is 11.3. The lowest BCUT2D eigenvalue weighted by atomic mass is 10.2. The zero-order valence-corrected chi connectivity index (χ0v) is 10.3. The third-order valence-electron chi connectivity index (χ3n) is 2.15. The normalized spacial score (nSPS) is 10.6. The lowest BCUT2D eigenvalue weighted by Gasteiger charge is -1.98. The fourth-order valence-corrected chi connectivity index (χ4v) is 2.16. The number of aromatic nitrogens is 1. The standard InChI is InChI=1S/C11H17NO2S/c1-4-14-6-5-10(13)7-11-12-8(2)9(3)15-11/h4-7H2,1-3H3. The zero-order valence-electron chi connectivity index (χ0n) is 9.50. The van der Waals surface area contributed by atoms with Crippen LogP contribution < -0.4 is 0 Å². The number of nitrogens with zero attached hydrogens (tertiary/aromatic N) is 1. The van der Waals surface area contributed by atoms with Gasteiger partial charge in [0.25, 0.3) is 0 Å². The topological polar surface area (TPSA) is 39.2 Å². The number of hydrogen-bond acceptors (Lipinski definition) is 4. The van der Waals surface area contributed by atoms with E-state index in [2.05, 4.69) is 4.98 Å². The minimum absolute atomic E-state index is 0.206. The van der Waals surface area contributed by atoms with Gasteiger partial charge in [-0.05, 0) is 20.8 Å². The molecule has 1 heterocycles. The SMILES string of the molecule is CCOCCC(=O)Cc1nc(C)c(C)s1. The molecule has 0 bridgehead atoms. The van der Waals surface area contributed by atoms with Gasteiger partial charge < -0.3 is 4.74 Å². The molecule has 1 rings (SSSR count). The van der Waals surface area contributed by atoms with E-state index in [0.717, 1.165) is 10.7 Å². The Morgan fingerprint density at radius 2 is 2.20 bits per heavy atom. The van der Waals surface area contributed by atoms with E-state index in [1.54, 1.807) is 11.3 Å². The van der Waals surface area contributed by atoms with E-state index >= 15 is 0 Å². The first-order chi connectivity index (χ1) is 7.13. The second-order valence-electron chi connectivity index (χ2n) is 3.41. The summed E-state index contributed by atoms with van der Waals surface area (Å²) in [6, 6.07) is 0. The average Bonchev–Trinajstić information content (AvgIpc) is 2.46. The highest BCUT2D eigenvalue weighted by Crippen LogP contribution is 2.17. The fraction of sp³-hybridized carbons (Fsp3) is 0.636. The maximum Gasteiger partial charge on any atom is 0.141 e. The van der Waals surface area contributed by atoms with Crippen LogP contribution in [0.1, 0.15) is 28.9 Å². The van der Waals surface area contributed by atoms with Crippen molar-refractivity contribution in [3.05, 3.63) is 15.6 Å². The minimum Gasteiger partial charge on any atom is -0.381 e. The van der Waals surface area contributed by atoms with Crippen molar-refractivity contribution in [3.8, 4) is 0 Å². The van der Waals surface area contributed by atoms with Gasteiger partial charge in [0.15, 0.2) is 0 Å². The van der Waals surface area contributed by atoms with Gasteiger partial charge in [0.05, 0.1) is 18.7 Å². The molecule has 0 aliphatic heterocycles. The number of carbonyl (C=O) groups is 1. The first kappa shape index (κ1) is 12.3. The molecule has 0 unspecified atom stereocenters. The van der Waals surface area contributed by atoms with Gasteiger partial charge in [-0.25, -0.2) is 4.98 Å². The number of carbonyl (C=O) groups excluding carboxylic acids is 1. The predicted molar refractivity (Wildman–Crippen MR) is 61.4 cm³/mol. The second kappa shape index (κ2) is 5.98. The Balaban J connectivity index is 2.37. The summed E-state index contributed by atoms with van der Waals surface area (Å²) in [5.74, 6) is 0.206. The van der Waals surface area contributed by atoms with E-state index in [4.69, 9.17) is 4.74 Å². The average molecular weight is 227 g/mol. The Kier molecular flexibility index (Phi) is 4.91. The minimum atomic E-state index is 0.206. The lowest BCUT2D eigenvalue weighted by Crippen LogP contribution is -2.07. The number of hydrogen-bond donors (Lipinski definition) is 0. The van der Waals surface area contributed by atoms with Crippen molar-refractivity contribution >= 4 is 17.1 Å². The highest BCUT2D eigenvalue weighted by Gasteiger charge is 2.08. The van der Waals surface area contributed by atoms with Gasteiger partial charge in [-0.15, -0.1) is 11.3 Å². The van der Waals surface area contributed by atoms with Crippen molar-refractivity contribution in [2.24, 2.45) is 0 Å². The van der Waals surface area contributed by atoms with Gasteiger partial charge in [-0.3, -0.25) is 4.79 Å². The maximum absolute atomic E-state index is 11.5. The summed E-state index contributed by atoms with van der Waals surface area (Å²) in [5, 5.41) is 0.923. The van der Waals surface area contributed by atoms with Gasteiger partial charge >= 0.3 is 0 Å². The third-order valence-corrected chi connectivity index (χ3v) is 3.22. The summed E-state index contributed by atoms with van der Waals surface area (Å²) in [6.45, 7) is 7.13. The van der Waals surface area contributed by atoms with Crippen molar-refractivity contribution in [3.63, 3.8) is 0 Å². The molecule has 0 saturated heterocycles. The summed E-state index contributed by atoms with van der Waals surface area (Å²) in [4.78, 5) is 17.0. The van der Waals surface area contributed by atoms with Crippen LogP contribution in [-0.2, 0) is 16.0 Å². The molecule has 0 aliphatic carbocycles. The Hall–Kier alpha value is -0.740.